The van der Waals surface area contributed by atoms with Crippen molar-refractivity contribution in [3.63, 3.8) is 0 Å². The van der Waals surface area contributed by atoms with Crippen LogP contribution in [-0.2, 0) is 0 Å². The van der Waals surface area contributed by atoms with Crippen molar-refractivity contribution < 1.29 is 0 Å². The van der Waals surface area contributed by atoms with E-state index in [2.05, 4.69) is 66.2 Å². The third kappa shape index (κ3) is 3.98. The van der Waals surface area contributed by atoms with E-state index in [1.165, 1.54) is 11.1 Å². The maximum absolute atomic E-state index is 5.98. The first-order chi connectivity index (χ1) is 8.51. The van der Waals surface area contributed by atoms with Crippen LogP contribution < -0.4 is 5.73 Å². The highest BCUT2D eigenvalue weighted by Crippen LogP contribution is 2.29. The molecule has 0 aromatic heterocycles. The van der Waals surface area contributed by atoms with Gasteiger partial charge in [0.05, 0.1) is 0 Å². The number of rotatable bonds is 6. The molecule has 0 bridgehead atoms. The molecule has 0 amide bonds. The normalized spacial score (nSPS) is 14.8. The third-order valence-electron chi connectivity index (χ3n) is 3.33. The molecule has 0 saturated heterocycles. The number of hydrogen-bond donors (Lipinski definition) is 1. The SMILES string of the molecule is CSCC(C)N(C)C(CN)c1ccc(C)cc1Br. The number of aryl methyl sites for hydroxylation is 1. The zero-order valence-electron chi connectivity index (χ0n) is 11.6. The first kappa shape index (κ1) is 16.0. The van der Waals surface area contributed by atoms with E-state index in [1.54, 1.807) is 0 Å². The Kier molecular flexibility index (Phi) is 6.71. The van der Waals surface area contributed by atoms with Gasteiger partial charge in [0.25, 0.3) is 0 Å². The largest absolute Gasteiger partial charge is 0.329 e. The molecule has 0 aliphatic heterocycles. The summed E-state index contributed by atoms with van der Waals surface area (Å²) < 4.78 is 1.15. The minimum absolute atomic E-state index is 0.266. The van der Waals surface area contributed by atoms with Crippen LogP contribution in [0.25, 0.3) is 0 Å². The van der Waals surface area contributed by atoms with Crippen LogP contribution in [0.4, 0.5) is 0 Å². The van der Waals surface area contributed by atoms with E-state index in [0.717, 1.165) is 10.2 Å². The monoisotopic (exact) mass is 330 g/mol. The maximum Gasteiger partial charge on any atom is 0.0481 e. The summed E-state index contributed by atoms with van der Waals surface area (Å²) >= 11 is 5.53. The van der Waals surface area contributed by atoms with Gasteiger partial charge in [0.1, 0.15) is 0 Å². The molecule has 0 spiro atoms. The molecule has 1 rings (SSSR count). The lowest BCUT2D eigenvalue weighted by atomic mass is 10.0. The van der Waals surface area contributed by atoms with Crippen LogP contribution in [0.2, 0.25) is 0 Å². The van der Waals surface area contributed by atoms with E-state index in [0.29, 0.717) is 12.6 Å². The Balaban J connectivity index is 2.94. The van der Waals surface area contributed by atoms with E-state index >= 15 is 0 Å². The van der Waals surface area contributed by atoms with Gasteiger partial charge in [-0.2, -0.15) is 11.8 Å². The fourth-order valence-electron chi connectivity index (χ4n) is 2.08. The van der Waals surface area contributed by atoms with Crippen molar-refractivity contribution in [3.05, 3.63) is 33.8 Å². The van der Waals surface area contributed by atoms with Gasteiger partial charge < -0.3 is 5.73 Å². The van der Waals surface area contributed by atoms with Crippen LogP contribution in [0.5, 0.6) is 0 Å². The molecular formula is C14H23BrN2S. The van der Waals surface area contributed by atoms with E-state index in [1.807, 2.05) is 11.8 Å². The first-order valence-electron chi connectivity index (χ1n) is 6.18. The van der Waals surface area contributed by atoms with Gasteiger partial charge in [-0.1, -0.05) is 28.1 Å². The average Bonchev–Trinajstić information content (AvgIpc) is 2.32. The van der Waals surface area contributed by atoms with Crippen molar-refractivity contribution in [2.75, 3.05) is 25.6 Å². The summed E-state index contributed by atoms with van der Waals surface area (Å²) in [7, 11) is 2.16. The Morgan fingerprint density at radius 2 is 2.11 bits per heavy atom. The first-order valence-corrected chi connectivity index (χ1v) is 8.37. The van der Waals surface area contributed by atoms with Gasteiger partial charge in [-0.25, -0.2) is 0 Å². The van der Waals surface area contributed by atoms with Gasteiger partial charge in [-0.15, -0.1) is 0 Å². The molecule has 0 fully saturated rings. The number of nitrogens with zero attached hydrogens (tertiary/aromatic N) is 1. The average molecular weight is 331 g/mol. The second kappa shape index (κ2) is 7.53. The number of likely N-dealkylation sites (N-methyl/N-ethyl adjacent to an activating group) is 1. The lowest BCUT2D eigenvalue weighted by Crippen LogP contribution is -2.38. The van der Waals surface area contributed by atoms with Crippen LogP contribution in [0.15, 0.2) is 22.7 Å². The smallest absolute Gasteiger partial charge is 0.0481 e. The molecule has 2 nitrogen and oxygen atoms in total. The van der Waals surface area contributed by atoms with Crippen molar-refractivity contribution in [1.29, 1.82) is 0 Å². The molecule has 4 heteroatoms. The van der Waals surface area contributed by atoms with Crippen LogP contribution in [0, 0.1) is 6.92 Å². The fourth-order valence-corrected chi connectivity index (χ4v) is 3.56. The van der Waals surface area contributed by atoms with E-state index in [4.69, 9.17) is 5.73 Å². The topological polar surface area (TPSA) is 29.3 Å². The standard InChI is InChI=1S/C14H23BrN2S/c1-10-5-6-12(13(15)7-10)14(8-16)17(3)11(2)9-18-4/h5-7,11,14H,8-9,16H2,1-4H3. The van der Waals surface area contributed by atoms with Crippen LogP contribution in [0.3, 0.4) is 0 Å². The van der Waals surface area contributed by atoms with Gasteiger partial charge in [-0.3, -0.25) is 4.90 Å². The lowest BCUT2D eigenvalue weighted by molar-refractivity contribution is 0.203. The second-order valence-corrected chi connectivity index (χ2v) is 6.51. The Labute approximate surface area is 123 Å². The molecule has 2 atom stereocenters. The van der Waals surface area contributed by atoms with Crippen LogP contribution >= 0.6 is 27.7 Å². The Morgan fingerprint density at radius 1 is 1.44 bits per heavy atom. The van der Waals surface area contributed by atoms with Crippen molar-refractivity contribution in [2.45, 2.75) is 25.9 Å². The van der Waals surface area contributed by atoms with E-state index in [9.17, 15) is 0 Å². The third-order valence-corrected chi connectivity index (χ3v) is 4.84. The Bertz CT molecular complexity index is 384. The maximum atomic E-state index is 5.98. The lowest BCUT2D eigenvalue weighted by Gasteiger charge is -2.33. The van der Waals surface area contributed by atoms with Gasteiger partial charge in [0.2, 0.25) is 0 Å². The summed E-state index contributed by atoms with van der Waals surface area (Å²) in [6, 6.07) is 7.27. The predicted molar refractivity (Wildman–Crippen MR) is 86.3 cm³/mol. The Morgan fingerprint density at radius 3 is 2.61 bits per heavy atom. The summed E-state index contributed by atoms with van der Waals surface area (Å²) in [5, 5.41) is 0. The molecule has 2 unspecified atom stereocenters. The quantitative estimate of drug-likeness (QED) is 0.866. The van der Waals surface area contributed by atoms with Crippen LogP contribution in [-0.4, -0.2) is 36.5 Å². The molecule has 0 aliphatic rings. The summed E-state index contributed by atoms with van der Waals surface area (Å²) in [6.45, 7) is 4.99. The molecule has 1 aromatic rings. The van der Waals surface area contributed by atoms with Crippen molar-refractivity contribution in [1.82, 2.24) is 4.90 Å². The van der Waals surface area contributed by atoms with Gasteiger partial charge in [-0.05, 0) is 44.3 Å². The number of benzene rings is 1. The second-order valence-electron chi connectivity index (χ2n) is 4.75. The molecule has 1 aromatic carbocycles. The minimum atomic E-state index is 0.266. The Hall–Kier alpha value is -0.0300. The molecule has 2 N–H and O–H groups in total. The molecule has 0 heterocycles. The van der Waals surface area contributed by atoms with Crippen molar-refractivity contribution >= 4 is 27.7 Å². The molecule has 0 saturated carbocycles. The van der Waals surface area contributed by atoms with E-state index in [-0.39, 0.29) is 6.04 Å². The number of halogens is 1. The minimum Gasteiger partial charge on any atom is -0.329 e. The molecule has 102 valence electrons. The summed E-state index contributed by atoms with van der Waals surface area (Å²) in [5.74, 6) is 1.12. The summed E-state index contributed by atoms with van der Waals surface area (Å²) in [4.78, 5) is 2.37. The summed E-state index contributed by atoms with van der Waals surface area (Å²) in [6.07, 6.45) is 2.14. The molecule has 0 radical (unpaired) electrons. The zero-order valence-corrected chi connectivity index (χ0v) is 14.0. The predicted octanol–water partition coefficient (Wildman–Crippen LogP) is 3.44. The highest BCUT2D eigenvalue weighted by atomic mass is 79.9. The zero-order chi connectivity index (χ0) is 13.7. The van der Waals surface area contributed by atoms with Crippen molar-refractivity contribution in [2.24, 2.45) is 5.73 Å². The fraction of sp³-hybridized carbons (Fsp3) is 0.571. The highest BCUT2D eigenvalue weighted by molar-refractivity contribution is 9.10. The van der Waals surface area contributed by atoms with Gasteiger partial charge in [0.15, 0.2) is 0 Å². The van der Waals surface area contributed by atoms with Gasteiger partial charge >= 0.3 is 0 Å². The number of thioether (sulfide) groups is 1. The van der Waals surface area contributed by atoms with Gasteiger partial charge in [0, 0.05) is 28.9 Å². The molecule has 0 aliphatic carbocycles. The van der Waals surface area contributed by atoms with Crippen LogP contribution in [0.1, 0.15) is 24.1 Å². The molecule has 18 heavy (non-hydrogen) atoms. The number of nitrogens with two attached hydrogens (primary N) is 1. The van der Waals surface area contributed by atoms with E-state index < -0.39 is 0 Å². The van der Waals surface area contributed by atoms with Crippen molar-refractivity contribution in [3.8, 4) is 0 Å². The summed E-state index contributed by atoms with van der Waals surface area (Å²) in [5.41, 5.74) is 8.52. The molecular weight excluding hydrogens is 308 g/mol. The highest BCUT2D eigenvalue weighted by Gasteiger charge is 2.21. The number of hydrogen-bond acceptors (Lipinski definition) is 3.